The monoisotopic (exact) mass is 362 g/mol. The van der Waals surface area contributed by atoms with Crippen LogP contribution in [0.15, 0.2) is 0 Å². The predicted octanol–water partition coefficient (Wildman–Crippen LogP) is 3.87. The summed E-state index contributed by atoms with van der Waals surface area (Å²) in [6.45, 7) is 9.68. The van der Waals surface area contributed by atoms with E-state index in [1.807, 2.05) is 0 Å². The van der Waals surface area contributed by atoms with Gasteiger partial charge in [0.15, 0.2) is 5.11 Å². The minimum atomic E-state index is -0.957. The number of amides is 1. The standard InChI is InChI=1S/C16H24Cl2N2OS/c1-13(2)5-10-6-14(3,7-13)9-20(10)12(22)19-11(21)15(4)8-16(15,17)18/h10H,5-9H2,1-4H3,(H,19,21,22). The van der Waals surface area contributed by atoms with Crippen LogP contribution in [0.4, 0.5) is 0 Å². The van der Waals surface area contributed by atoms with Gasteiger partial charge in [-0.15, -0.1) is 23.2 Å². The van der Waals surface area contributed by atoms with Crippen molar-refractivity contribution < 1.29 is 4.79 Å². The average molecular weight is 363 g/mol. The number of rotatable bonds is 1. The summed E-state index contributed by atoms with van der Waals surface area (Å²) in [5.41, 5.74) is -0.110. The number of likely N-dealkylation sites (tertiary alicyclic amines) is 1. The molecule has 1 N–H and O–H groups in total. The number of thiocarbonyl (C=S) groups is 1. The van der Waals surface area contributed by atoms with Crippen LogP contribution >= 0.6 is 35.4 Å². The van der Waals surface area contributed by atoms with E-state index in [1.54, 1.807) is 6.92 Å². The molecule has 1 heterocycles. The summed E-state index contributed by atoms with van der Waals surface area (Å²) in [6.07, 6.45) is 3.95. The smallest absolute Gasteiger partial charge is 0.235 e. The third kappa shape index (κ3) is 2.65. The molecule has 0 radical (unpaired) electrons. The van der Waals surface area contributed by atoms with Gasteiger partial charge in [-0.05, 0) is 55.7 Å². The number of hydrogen-bond acceptors (Lipinski definition) is 2. The SMILES string of the molecule is CC1(C)CC2CC(C)(CN2C(=S)NC(=O)C2(C)CC2(Cl)Cl)C1. The minimum Gasteiger partial charge on any atom is -0.345 e. The summed E-state index contributed by atoms with van der Waals surface area (Å²) < 4.78 is -0.957. The number of hydrogen-bond donors (Lipinski definition) is 1. The lowest BCUT2D eigenvalue weighted by atomic mass is 9.65. The normalized spacial score (nSPS) is 41.2. The van der Waals surface area contributed by atoms with E-state index in [9.17, 15) is 4.79 Å². The fourth-order valence-corrected chi connectivity index (χ4v) is 5.66. The quantitative estimate of drug-likeness (QED) is 0.567. The summed E-state index contributed by atoms with van der Waals surface area (Å²) in [4.78, 5) is 14.6. The zero-order valence-electron chi connectivity index (χ0n) is 13.6. The molecule has 1 aliphatic heterocycles. The molecule has 3 fully saturated rings. The number of alkyl halides is 2. The van der Waals surface area contributed by atoms with Gasteiger partial charge in [0.1, 0.15) is 4.33 Å². The molecular formula is C16H24Cl2N2OS. The highest BCUT2D eigenvalue weighted by Crippen LogP contribution is 2.63. The Kier molecular flexibility index (Phi) is 3.61. The van der Waals surface area contributed by atoms with Crippen LogP contribution < -0.4 is 5.32 Å². The first-order valence-corrected chi connectivity index (χ1v) is 9.04. The largest absolute Gasteiger partial charge is 0.345 e. The number of carbonyl (C=O) groups is 1. The molecular weight excluding hydrogens is 339 g/mol. The molecule has 0 spiro atoms. The first-order chi connectivity index (χ1) is 9.88. The van der Waals surface area contributed by atoms with Gasteiger partial charge in [-0.3, -0.25) is 4.79 Å². The molecule has 3 nitrogen and oxygen atoms in total. The maximum Gasteiger partial charge on any atom is 0.235 e. The molecule has 1 amide bonds. The Bertz CT molecular complexity index is 550. The highest BCUT2D eigenvalue weighted by atomic mass is 35.5. The topological polar surface area (TPSA) is 32.3 Å². The van der Waals surface area contributed by atoms with Crippen LogP contribution in [0.3, 0.4) is 0 Å². The van der Waals surface area contributed by atoms with E-state index in [0.717, 1.165) is 19.4 Å². The first kappa shape index (κ1) is 16.8. The number of halogens is 2. The lowest BCUT2D eigenvalue weighted by Crippen LogP contribution is -2.48. The van der Waals surface area contributed by atoms with Crippen molar-refractivity contribution in [3.8, 4) is 0 Å². The van der Waals surface area contributed by atoms with Crippen molar-refractivity contribution in [3.05, 3.63) is 0 Å². The van der Waals surface area contributed by atoms with Crippen molar-refractivity contribution >= 4 is 46.4 Å². The third-order valence-electron chi connectivity index (χ3n) is 5.66. The molecule has 3 aliphatic rings. The first-order valence-electron chi connectivity index (χ1n) is 7.88. The Morgan fingerprint density at radius 3 is 2.32 bits per heavy atom. The van der Waals surface area contributed by atoms with Crippen LogP contribution in [0, 0.1) is 16.2 Å². The second kappa shape index (κ2) is 4.73. The Morgan fingerprint density at radius 2 is 1.77 bits per heavy atom. The Balaban J connectivity index is 1.68. The van der Waals surface area contributed by atoms with Gasteiger partial charge in [0.05, 0.1) is 5.41 Å². The lowest BCUT2D eigenvalue weighted by Gasteiger charge is -2.39. The van der Waals surface area contributed by atoms with Crippen LogP contribution in [-0.4, -0.2) is 32.8 Å². The van der Waals surface area contributed by atoms with Gasteiger partial charge >= 0.3 is 0 Å². The van der Waals surface area contributed by atoms with E-state index in [2.05, 4.69) is 31.0 Å². The molecule has 0 aromatic rings. The Morgan fingerprint density at radius 1 is 1.18 bits per heavy atom. The van der Waals surface area contributed by atoms with E-state index in [4.69, 9.17) is 35.4 Å². The fraction of sp³-hybridized carbons (Fsp3) is 0.875. The summed E-state index contributed by atoms with van der Waals surface area (Å²) in [5.74, 6) is -0.159. The molecule has 2 aliphatic carbocycles. The van der Waals surface area contributed by atoms with E-state index in [-0.39, 0.29) is 11.3 Å². The molecule has 3 unspecified atom stereocenters. The van der Waals surface area contributed by atoms with Gasteiger partial charge < -0.3 is 10.2 Å². The van der Waals surface area contributed by atoms with Crippen molar-refractivity contribution in [1.82, 2.24) is 10.2 Å². The van der Waals surface area contributed by atoms with E-state index < -0.39 is 9.75 Å². The zero-order chi connectivity index (χ0) is 16.6. The summed E-state index contributed by atoms with van der Waals surface area (Å²) in [7, 11) is 0. The molecule has 2 saturated carbocycles. The van der Waals surface area contributed by atoms with Crippen molar-refractivity contribution in [2.75, 3.05) is 6.54 Å². The maximum atomic E-state index is 12.4. The van der Waals surface area contributed by atoms with Crippen LogP contribution in [-0.2, 0) is 4.79 Å². The van der Waals surface area contributed by atoms with E-state index >= 15 is 0 Å². The second-order valence-electron chi connectivity index (χ2n) is 8.81. The van der Waals surface area contributed by atoms with E-state index in [0.29, 0.717) is 23.0 Å². The van der Waals surface area contributed by atoms with Gasteiger partial charge in [-0.1, -0.05) is 20.8 Å². The summed E-state index contributed by atoms with van der Waals surface area (Å²) in [5, 5.41) is 3.42. The lowest BCUT2D eigenvalue weighted by molar-refractivity contribution is -0.124. The molecule has 1 saturated heterocycles. The fourth-order valence-electron chi connectivity index (χ4n) is 4.65. The summed E-state index contributed by atoms with van der Waals surface area (Å²) in [6, 6.07) is 0.422. The molecule has 0 aromatic heterocycles. The molecule has 6 heteroatoms. The summed E-state index contributed by atoms with van der Waals surface area (Å²) >= 11 is 17.7. The highest BCUT2D eigenvalue weighted by molar-refractivity contribution is 7.80. The van der Waals surface area contributed by atoms with Gasteiger partial charge in [0.2, 0.25) is 5.91 Å². The van der Waals surface area contributed by atoms with Crippen LogP contribution in [0.5, 0.6) is 0 Å². The second-order valence-corrected chi connectivity index (χ2v) is 10.7. The van der Waals surface area contributed by atoms with Crippen molar-refractivity contribution in [1.29, 1.82) is 0 Å². The van der Waals surface area contributed by atoms with Crippen molar-refractivity contribution in [2.45, 2.75) is 63.8 Å². The average Bonchev–Trinajstić information content (AvgIpc) is 2.71. The highest BCUT2D eigenvalue weighted by Gasteiger charge is 2.68. The number of carbonyl (C=O) groups excluding carboxylic acids is 1. The molecule has 3 rings (SSSR count). The molecule has 0 aromatic carbocycles. The molecule has 124 valence electrons. The molecule has 22 heavy (non-hydrogen) atoms. The van der Waals surface area contributed by atoms with Crippen LogP contribution in [0.2, 0.25) is 0 Å². The molecule has 3 atom stereocenters. The van der Waals surface area contributed by atoms with Gasteiger partial charge in [0, 0.05) is 12.6 Å². The van der Waals surface area contributed by atoms with Crippen LogP contribution in [0.1, 0.15) is 53.4 Å². The van der Waals surface area contributed by atoms with Gasteiger partial charge in [0.25, 0.3) is 0 Å². The van der Waals surface area contributed by atoms with Gasteiger partial charge in [-0.25, -0.2) is 0 Å². The zero-order valence-corrected chi connectivity index (χ0v) is 16.0. The molecule has 2 bridgehead atoms. The van der Waals surface area contributed by atoms with Gasteiger partial charge in [-0.2, -0.15) is 0 Å². The van der Waals surface area contributed by atoms with Crippen molar-refractivity contribution in [3.63, 3.8) is 0 Å². The number of fused-ring (bicyclic) bond motifs is 2. The van der Waals surface area contributed by atoms with Crippen LogP contribution in [0.25, 0.3) is 0 Å². The maximum absolute atomic E-state index is 12.4. The van der Waals surface area contributed by atoms with Crippen molar-refractivity contribution in [2.24, 2.45) is 16.2 Å². The minimum absolute atomic E-state index is 0.159. The third-order valence-corrected chi connectivity index (χ3v) is 7.09. The Hall–Kier alpha value is -0.0600. The van der Waals surface area contributed by atoms with E-state index in [1.165, 1.54) is 6.42 Å². The predicted molar refractivity (Wildman–Crippen MR) is 94.1 cm³/mol. The number of nitrogens with one attached hydrogen (secondary N) is 1. The number of nitrogens with zero attached hydrogens (tertiary/aromatic N) is 1. The Labute approximate surface area is 148 Å².